The SMILES string of the molecule is c1cn(C2=NNC3C4CCCCC4n4cncc4N23)nn1. The van der Waals surface area contributed by atoms with Crippen molar-refractivity contribution < 1.29 is 0 Å². The van der Waals surface area contributed by atoms with Crippen molar-refractivity contribution in [1.29, 1.82) is 0 Å². The maximum absolute atomic E-state index is 4.50. The predicted molar refractivity (Wildman–Crippen MR) is 75.5 cm³/mol. The van der Waals surface area contributed by atoms with E-state index in [-0.39, 0.29) is 6.17 Å². The number of hydrogen-bond donors (Lipinski definition) is 1. The van der Waals surface area contributed by atoms with Crippen LogP contribution in [0.5, 0.6) is 0 Å². The second-order valence-electron chi connectivity index (χ2n) is 5.88. The average Bonchev–Trinajstić information content (AvgIpc) is 3.25. The van der Waals surface area contributed by atoms with Gasteiger partial charge in [-0.25, -0.2) is 4.98 Å². The Balaban J connectivity index is 1.63. The topological polar surface area (TPSA) is 76.2 Å². The number of hydrogen-bond acceptors (Lipinski definition) is 6. The minimum Gasteiger partial charge on any atom is -0.314 e. The molecule has 3 atom stereocenters. The van der Waals surface area contributed by atoms with Crippen LogP contribution in [-0.2, 0) is 0 Å². The number of nitrogens with zero attached hydrogens (tertiary/aromatic N) is 7. The average molecular weight is 284 g/mol. The van der Waals surface area contributed by atoms with Gasteiger partial charge in [-0.1, -0.05) is 18.1 Å². The molecule has 0 amide bonds. The molecule has 2 aromatic heterocycles. The van der Waals surface area contributed by atoms with Gasteiger partial charge in [-0.3, -0.25) is 10.3 Å². The van der Waals surface area contributed by atoms with Crippen molar-refractivity contribution in [2.24, 2.45) is 11.0 Å². The molecule has 21 heavy (non-hydrogen) atoms. The Morgan fingerprint density at radius 3 is 3.10 bits per heavy atom. The van der Waals surface area contributed by atoms with Crippen molar-refractivity contribution in [3.05, 3.63) is 24.9 Å². The molecular formula is C13H16N8. The number of nitrogens with one attached hydrogen (secondary N) is 1. The summed E-state index contributed by atoms with van der Waals surface area (Å²) in [4.78, 5) is 6.57. The summed E-state index contributed by atoms with van der Waals surface area (Å²) in [7, 11) is 0. The Bertz CT molecular complexity index is 687. The highest BCUT2D eigenvalue weighted by Gasteiger charge is 2.47. The highest BCUT2D eigenvalue weighted by atomic mass is 15.6. The second-order valence-corrected chi connectivity index (χ2v) is 5.88. The van der Waals surface area contributed by atoms with Gasteiger partial charge >= 0.3 is 0 Å². The minimum atomic E-state index is 0.193. The zero-order chi connectivity index (χ0) is 13.8. The zero-order valence-corrected chi connectivity index (χ0v) is 11.5. The van der Waals surface area contributed by atoms with Gasteiger partial charge in [0.05, 0.1) is 24.9 Å². The number of imidazole rings is 1. The van der Waals surface area contributed by atoms with Crippen LogP contribution in [0.4, 0.5) is 5.82 Å². The van der Waals surface area contributed by atoms with Gasteiger partial charge in [-0.05, 0) is 12.8 Å². The van der Waals surface area contributed by atoms with E-state index in [9.17, 15) is 0 Å². The third-order valence-electron chi connectivity index (χ3n) is 4.85. The van der Waals surface area contributed by atoms with E-state index in [1.807, 2.05) is 18.7 Å². The van der Waals surface area contributed by atoms with E-state index < -0.39 is 0 Å². The Kier molecular flexibility index (Phi) is 2.18. The molecule has 1 N–H and O–H groups in total. The van der Waals surface area contributed by atoms with Crippen LogP contribution in [0.15, 0.2) is 30.0 Å². The number of aromatic nitrogens is 5. The largest absolute Gasteiger partial charge is 0.314 e. The third kappa shape index (κ3) is 1.44. The van der Waals surface area contributed by atoms with Crippen molar-refractivity contribution in [1.82, 2.24) is 30.0 Å². The Hall–Kier alpha value is -2.38. The van der Waals surface area contributed by atoms with Gasteiger partial charge in [0.1, 0.15) is 12.0 Å². The van der Waals surface area contributed by atoms with Gasteiger partial charge in [0.25, 0.3) is 5.96 Å². The normalized spacial score (nSPS) is 30.2. The Morgan fingerprint density at radius 1 is 1.24 bits per heavy atom. The van der Waals surface area contributed by atoms with Crippen LogP contribution in [0.3, 0.4) is 0 Å². The number of fused-ring (bicyclic) bond motifs is 6. The summed E-state index contributed by atoms with van der Waals surface area (Å²) in [6.45, 7) is 0. The lowest BCUT2D eigenvalue weighted by atomic mass is 9.80. The maximum atomic E-state index is 4.50. The van der Waals surface area contributed by atoms with Crippen molar-refractivity contribution in [3.63, 3.8) is 0 Å². The van der Waals surface area contributed by atoms with Crippen molar-refractivity contribution in [3.8, 4) is 0 Å². The molecule has 0 saturated heterocycles. The van der Waals surface area contributed by atoms with E-state index in [0.717, 1.165) is 11.8 Å². The van der Waals surface area contributed by atoms with Crippen LogP contribution in [-0.4, -0.2) is 36.7 Å². The molecule has 1 saturated carbocycles. The first kappa shape index (κ1) is 11.3. The fourth-order valence-corrected chi connectivity index (χ4v) is 3.96. The molecule has 0 bridgehead atoms. The standard InChI is InChI=1S/C13H16N8/c1-2-4-10-9(3-1)12-16-17-13(20-6-5-15-18-20)21(12)11-7-14-8-19(10)11/h5-10,12,16H,1-4H2. The molecule has 3 unspecified atom stereocenters. The van der Waals surface area contributed by atoms with Crippen LogP contribution in [0, 0.1) is 5.92 Å². The lowest BCUT2D eigenvalue weighted by Gasteiger charge is -2.45. The molecule has 0 spiro atoms. The lowest BCUT2D eigenvalue weighted by Crippen LogP contribution is -2.54. The second kappa shape index (κ2) is 4.06. The molecule has 1 aliphatic carbocycles. The first-order chi connectivity index (χ1) is 10.4. The van der Waals surface area contributed by atoms with E-state index in [4.69, 9.17) is 0 Å². The van der Waals surface area contributed by atoms with Gasteiger partial charge in [-0.15, -0.1) is 10.2 Å². The Morgan fingerprint density at radius 2 is 2.19 bits per heavy atom. The molecule has 4 heterocycles. The van der Waals surface area contributed by atoms with Gasteiger partial charge in [-0.2, -0.15) is 4.68 Å². The Labute approximate surface area is 121 Å². The van der Waals surface area contributed by atoms with Crippen molar-refractivity contribution in [2.45, 2.75) is 37.9 Å². The van der Waals surface area contributed by atoms with E-state index in [1.165, 1.54) is 25.7 Å². The summed E-state index contributed by atoms with van der Waals surface area (Å²) < 4.78 is 4.01. The summed E-state index contributed by atoms with van der Waals surface area (Å²) in [5, 5.41) is 12.5. The highest BCUT2D eigenvalue weighted by molar-refractivity contribution is 5.98. The highest BCUT2D eigenvalue weighted by Crippen LogP contribution is 2.44. The molecule has 2 aromatic rings. The minimum absolute atomic E-state index is 0.193. The number of anilines is 1. The summed E-state index contributed by atoms with van der Waals surface area (Å²) in [5.41, 5.74) is 3.31. The van der Waals surface area contributed by atoms with Crippen molar-refractivity contribution in [2.75, 3.05) is 4.90 Å². The van der Waals surface area contributed by atoms with Gasteiger partial charge < -0.3 is 4.57 Å². The predicted octanol–water partition coefficient (Wildman–Crippen LogP) is 0.774. The molecule has 1 fully saturated rings. The van der Waals surface area contributed by atoms with Crippen LogP contribution >= 0.6 is 0 Å². The molecule has 108 valence electrons. The molecular weight excluding hydrogens is 268 g/mol. The molecule has 0 aromatic carbocycles. The number of rotatable bonds is 0. The zero-order valence-electron chi connectivity index (χ0n) is 11.5. The van der Waals surface area contributed by atoms with Gasteiger partial charge in [0.2, 0.25) is 0 Å². The molecule has 0 radical (unpaired) electrons. The summed E-state index contributed by atoms with van der Waals surface area (Å²) in [6, 6.07) is 0.523. The fourth-order valence-electron chi connectivity index (χ4n) is 3.96. The molecule has 8 heteroatoms. The molecule has 2 aliphatic heterocycles. The summed E-state index contributed by atoms with van der Waals surface area (Å²) in [5.74, 6) is 2.40. The van der Waals surface area contributed by atoms with E-state index in [2.05, 4.69) is 35.3 Å². The molecule has 8 nitrogen and oxygen atoms in total. The van der Waals surface area contributed by atoms with Gasteiger partial charge in [0.15, 0.2) is 0 Å². The van der Waals surface area contributed by atoms with Crippen LogP contribution in [0.25, 0.3) is 0 Å². The smallest absolute Gasteiger partial charge is 0.252 e. The monoisotopic (exact) mass is 284 g/mol. The first-order valence-electron chi connectivity index (χ1n) is 7.44. The summed E-state index contributed by atoms with van der Waals surface area (Å²) >= 11 is 0. The summed E-state index contributed by atoms with van der Waals surface area (Å²) in [6.07, 6.45) is 12.6. The first-order valence-corrected chi connectivity index (χ1v) is 7.44. The maximum Gasteiger partial charge on any atom is 0.252 e. The lowest BCUT2D eigenvalue weighted by molar-refractivity contribution is 0.175. The quantitative estimate of drug-likeness (QED) is 0.773. The van der Waals surface area contributed by atoms with E-state index in [1.54, 1.807) is 10.9 Å². The number of hydrazone groups is 1. The van der Waals surface area contributed by atoms with Crippen LogP contribution in [0.2, 0.25) is 0 Å². The third-order valence-corrected chi connectivity index (χ3v) is 4.85. The molecule has 3 aliphatic rings. The molecule has 5 rings (SSSR count). The van der Waals surface area contributed by atoms with Crippen LogP contribution in [0.1, 0.15) is 31.7 Å². The fraction of sp³-hybridized carbons (Fsp3) is 0.538. The van der Waals surface area contributed by atoms with Crippen LogP contribution < -0.4 is 10.3 Å². The van der Waals surface area contributed by atoms with Gasteiger partial charge in [0, 0.05) is 12.0 Å². The van der Waals surface area contributed by atoms with E-state index >= 15 is 0 Å². The van der Waals surface area contributed by atoms with E-state index in [0.29, 0.717) is 12.0 Å². The van der Waals surface area contributed by atoms with Crippen molar-refractivity contribution >= 4 is 11.8 Å².